The van der Waals surface area contributed by atoms with E-state index in [9.17, 15) is 18.4 Å². The molecule has 2 fully saturated rings. The van der Waals surface area contributed by atoms with Crippen molar-refractivity contribution in [3.8, 4) is 0 Å². The van der Waals surface area contributed by atoms with Crippen LogP contribution in [0.2, 0.25) is 5.02 Å². The summed E-state index contributed by atoms with van der Waals surface area (Å²) in [6.07, 6.45) is 2.62. The number of hydrogen-bond acceptors (Lipinski definition) is 2. The van der Waals surface area contributed by atoms with Crippen molar-refractivity contribution in [3.63, 3.8) is 0 Å². The van der Waals surface area contributed by atoms with E-state index in [1.165, 1.54) is 6.07 Å². The molecule has 0 radical (unpaired) electrons. The summed E-state index contributed by atoms with van der Waals surface area (Å²) in [5, 5.41) is 0.639. The number of nitrogens with zero attached hydrogens (tertiary/aromatic N) is 2. The first-order valence-electron chi connectivity index (χ1n) is 9.70. The smallest absolute Gasteiger partial charge is 0.254 e. The Labute approximate surface area is 173 Å². The van der Waals surface area contributed by atoms with Crippen LogP contribution in [-0.4, -0.2) is 47.8 Å². The lowest BCUT2D eigenvalue weighted by molar-refractivity contribution is -0.142. The zero-order valence-electron chi connectivity index (χ0n) is 15.8. The lowest BCUT2D eigenvalue weighted by Crippen LogP contribution is -2.57. The molecule has 1 heterocycles. The van der Waals surface area contributed by atoms with E-state index >= 15 is 0 Å². The molecule has 7 heteroatoms. The Morgan fingerprint density at radius 2 is 1.48 bits per heavy atom. The van der Waals surface area contributed by atoms with Gasteiger partial charge >= 0.3 is 0 Å². The molecule has 29 heavy (non-hydrogen) atoms. The SMILES string of the molecule is O=C(c1ccc(F)c(F)c1)N1CCN(C(=O)C2(c3ccc(Cl)cc3)CCC2)CC1. The molecule has 2 aliphatic rings. The fourth-order valence-corrected chi connectivity index (χ4v) is 4.28. The number of hydrogen-bond donors (Lipinski definition) is 0. The highest BCUT2D eigenvalue weighted by Gasteiger charge is 2.48. The molecule has 0 aromatic heterocycles. The number of rotatable bonds is 3. The summed E-state index contributed by atoms with van der Waals surface area (Å²) in [5.74, 6) is -2.29. The van der Waals surface area contributed by atoms with Gasteiger partial charge in [0.2, 0.25) is 5.91 Å². The largest absolute Gasteiger partial charge is 0.338 e. The Morgan fingerprint density at radius 1 is 0.862 bits per heavy atom. The summed E-state index contributed by atoms with van der Waals surface area (Å²) < 4.78 is 26.5. The molecule has 0 spiro atoms. The van der Waals surface area contributed by atoms with Crippen molar-refractivity contribution in [3.05, 3.63) is 70.2 Å². The van der Waals surface area contributed by atoms with Crippen LogP contribution >= 0.6 is 11.6 Å². The number of carbonyl (C=O) groups is 2. The van der Waals surface area contributed by atoms with E-state index in [1.807, 2.05) is 29.2 Å². The van der Waals surface area contributed by atoms with Crippen molar-refractivity contribution in [2.75, 3.05) is 26.2 Å². The molecule has 4 rings (SSSR count). The first kappa shape index (κ1) is 19.8. The highest BCUT2D eigenvalue weighted by atomic mass is 35.5. The number of halogens is 3. The van der Waals surface area contributed by atoms with E-state index in [1.54, 1.807) is 4.90 Å². The van der Waals surface area contributed by atoms with Gasteiger partial charge in [-0.15, -0.1) is 0 Å². The van der Waals surface area contributed by atoms with Crippen molar-refractivity contribution >= 4 is 23.4 Å². The maximum absolute atomic E-state index is 13.4. The fraction of sp³-hybridized carbons (Fsp3) is 0.364. The van der Waals surface area contributed by atoms with Crippen LogP contribution in [0, 0.1) is 11.6 Å². The summed E-state index contributed by atoms with van der Waals surface area (Å²) in [6, 6.07) is 10.6. The van der Waals surface area contributed by atoms with E-state index in [0.29, 0.717) is 31.2 Å². The van der Waals surface area contributed by atoms with Crippen LogP contribution in [0.15, 0.2) is 42.5 Å². The Bertz CT molecular complexity index is 936. The minimum absolute atomic E-state index is 0.0889. The van der Waals surface area contributed by atoms with Gasteiger partial charge < -0.3 is 9.80 Å². The van der Waals surface area contributed by atoms with Gasteiger partial charge in [0.1, 0.15) is 0 Å². The second-order valence-electron chi connectivity index (χ2n) is 7.66. The molecule has 1 saturated carbocycles. The summed E-state index contributed by atoms with van der Waals surface area (Å²) in [6.45, 7) is 1.56. The lowest BCUT2D eigenvalue weighted by Gasteiger charge is -2.46. The number of benzene rings is 2. The third-order valence-electron chi connectivity index (χ3n) is 6.03. The zero-order valence-corrected chi connectivity index (χ0v) is 16.6. The molecule has 0 unspecified atom stereocenters. The van der Waals surface area contributed by atoms with Crippen LogP contribution in [0.3, 0.4) is 0 Å². The van der Waals surface area contributed by atoms with Crippen LogP contribution in [0.1, 0.15) is 35.2 Å². The second kappa shape index (κ2) is 7.75. The van der Waals surface area contributed by atoms with Gasteiger partial charge in [-0.2, -0.15) is 0 Å². The van der Waals surface area contributed by atoms with Crippen LogP contribution in [0.5, 0.6) is 0 Å². The zero-order chi connectivity index (χ0) is 20.6. The van der Waals surface area contributed by atoms with Gasteiger partial charge in [0.05, 0.1) is 5.41 Å². The molecule has 2 amide bonds. The van der Waals surface area contributed by atoms with E-state index in [2.05, 4.69) is 0 Å². The van der Waals surface area contributed by atoms with Gasteiger partial charge in [0.15, 0.2) is 11.6 Å². The van der Waals surface area contributed by atoms with E-state index in [0.717, 1.165) is 37.0 Å². The molecule has 1 aliphatic carbocycles. The van der Waals surface area contributed by atoms with Crippen molar-refractivity contribution in [2.24, 2.45) is 0 Å². The molecule has 1 aliphatic heterocycles. The van der Waals surface area contributed by atoms with E-state index < -0.39 is 17.0 Å². The van der Waals surface area contributed by atoms with Gasteiger partial charge in [-0.1, -0.05) is 30.2 Å². The van der Waals surface area contributed by atoms with E-state index in [-0.39, 0.29) is 17.4 Å². The molecular formula is C22H21ClF2N2O2. The van der Waals surface area contributed by atoms with Crippen molar-refractivity contribution < 1.29 is 18.4 Å². The normalized spacial score (nSPS) is 18.3. The molecule has 0 bridgehead atoms. The number of piperazine rings is 1. The van der Waals surface area contributed by atoms with Crippen molar-refractivity contribution in [1.29, 1.82) is 0 Å². The molecule has 1 saturated heterocycles. The van der Waals surface area contributed by atoms with Crippen LogP contribution in [0.25, 0.3) is 0 Å². The van der Waals surface area contributed by atoms with Crippen LogP contribution in [-0.2, 0) is 10.2 Å². The Hall–Kier alpha value is -2.47. The minimum atomic E-state index is -1.04. The van der Waals surface area contributed by atoms with Crippen LogP contribution < -0.4 is 0 Å². The van der Waals surface area contributed by atoms with Crippen LogP contribution in [0.4, 0.5) is 8.78 Å². The van der Waals surface area contributed by atoms with Gasteiger partial charge in [-0.25, -0.2) is 8.78 Å². The highest BCUT2D eigenvalue weighted by Crippen LogP contribution is 2.45. The maximum Gasteiger partial charge on any atom is 0.254 e. The van der Waals surface area contributed by atoms with Gasteiger partial charge in [0.25, 0.3) is 5.91 Å². The first-order chi connectivity index (χ1) is 13.9. The fourth-order valence-electron chi connectivity index (χ4n) is 4.15. The molecule has 0 atom stereocenters. The molecule has 0 N–H and O–H groups in total. The third kappa shape index (κ3) is 3.62. The predicted octanol–water partition coefficient (Wildman–Crippen LogP) is 4.02. The maximum atomic E-state index is 13.4. The summed E-state index contributed by atoms with van der Waals surface area (Å²) in [5.41, 5.74) is 0.593. The number of amides is 2. The molecule has 4 nitrogen and oxygen atoms in total. The second-order valence-corrected chi connectivity index (χ2v) is 8.09. The summed E-state index contributed by atoms with van der Waals surface area (Å²) in [4.78, 5) is 29.3. The Balaban J connectivity index is 1.43. The standard InChI is InChI=1S/C22H21ClF2N2O2/c23-17-5-3-16(4-6-17)22(8-1-9-22)21(29)27-12-10-26(11-13-27)20(28)15-2-7-18(24)19(25)14-15/h2-7,14H,1,8-13H2. The Kier molecular flexibility index (Phi) is 5.30. The monoisotopic (exact) mass is 418 g/mol. The topological polar surface area (TPSA) is 40.6 Å². The average molecular weight is 419 g/mol. The minimum Gasteiger partial charge on any atom is -0.338 e. The lowest BCUT2D eigenvalue weighted by atomic mass is 9.63. The highest BCUT2D eigenvalue weighted by molar-refractivity contribution is 6.30. The summed E-state index contributed by atoms with van der Waals surface area (Å²) >= 11 is 5.99. The third-order valence-corrected chi connectivity index (χ3v) is 6.29. The van der Waals surface area contributed by atoms with Gasteiger partial charge in [0, 0.05) is 36.8 Å². The Morgan fingerprint density at radius 3 is 2.03 bits per heavy atom. The predicted molar refractivity (Wildman–Crippen MR) is 106 cm³/mol. The molecule has 152 valence electrons. The van der Waals surface area contributed by atoms with Gasteiger partial charge in [-0.3, -0.25) is 9.59 Å². The van der Waals surface area contributed by atoms with Gasteiger partial charge in [-0.05, 0) is 48.7 Å². The van der Waals surface area contributed by atoms with Crippen molar-refractivity contribution in [2.45, 2.75) is 24.7 Å². The molecule has 2 aromatic carbocycles. The quantitative estimate of drug-likeness (QED) is 0.755. The van der Waals surface area contributed by atoms with E-state index in [4.69, 9.17) is 11.6 Å². The average Bonchev–Trinajstić information content (AvgIpc) is 2.70. The summed E-state index contributed by atoms with van der Waals surface area (Å²) in [7, 11) is 0. The number of carbonyl (C=O) groups excluding carboxylic acids is 2. The van der Waals surface area contributed by atoms with Crippen molar-refractivity contribution in [1.82, 2.24) is 9.80 Å². The first-order valence-corrected chi connectivity index (χ1v) is 10.1. The molecular weight excluding hydrogens is 398 g/mol. The molecule has 2 aromatic rings.